The summed E-state index contributed by atoms with van der Waals surface area (Å²) < 4.78 is 6.54. The molecule has 230 valence electrons. The van der Waals surface area contributed by atoms with Crippen LogP contribution in [-0.4, -0.2) is 9.97 Å². The molecule has 3 aromatic heterocycles. The molecule has 0 atom stereocenters. The van der Waals surface area contributed by atoms with E-state index in [0.29, 0.717) is 0 Å². The number of hydrogen-bond acceptors (Lipinski definition) is 3. The summed E-state index contributed by atoms with van der Waals surface area (Å²) in [6, 6.07) is 45.3. The van der Waals surface area contributed by atoms with Crippen LogP contribution >= 0.6 is 0 Å². The van der Waals surface area contributed by atoms with Gasteiger partial charge in [0, 0.05) is 49.3 Å². The van der Waals surface area contributed by atoms with Crippen molar-refractivity contribution in [3.63, 3.8) is 0 Å². The summed E-state index contributed by atoms with van der Waals surface area (Å²) >= 11 is 0. The zero-order valence-corrected chi connectivity index (χ0v) is 26.7. The molecule has 1 aliphatic carbocycles. The lowest BCUT2D eigenvalue weighted by atomic mass is 9.94. The Balaban J connectivity index is 1.11. The predicted molar refractivity (Wildman–Crippen MR) is 205 cm³/mol. The Hall–Kier alpha value is -6.32. The fraction of sp³-hybridized carbons (Fsp3) is 0.0435. The highest BCUT2D eigenvalue weighted by Crippen LogP contribution is 2.41. The highest BCUT2D eigenvalue weighted by molar-refractivity contribution is 6.24. The molecule has 0 unspecified atom stereocenters. The molecule has 3 heterocycles. The van der Waals surface area contributed by atoms with Crippen molar-refractivity contribution in [2.45, 2.75) is 12.8 Å². The van der Waals surface area contributed by atoms with E-state index in [1.165, 1.54) is 27.0 Å². The summed E-state index contributed by atoms with van der Waals surface area (Å²) in [6.07, 6.45) is 12.9. The van der Waals surface area contributed by atoms with Gasteiger partial charge in [-0.3, -0.25) is 4.98 Å². The van der Waals surface area contributed by atoms with Gasteiger partial charge < -0.3 is 4.42 Å². The van der Waals surface area contributed by atoms with Gasteiger partial charge >= 0.3 is 0 Å². The lowest BCUT2D eigenvalue weighted by molar-refractivity contribution is 0.673. The molecular weight excluding hydrogens is 597 g/mol. The smallest absolute Gasteiger partial charge is 0.144 e. The number of aromatic nitrogens is 2. The summed E-state index contributed by atoms with van der Waals surface area (Å²) in [4.78, 5) is 10.1. The van der Waals surface area contributed by atoms with Crippen molar-refractivity contribution in [2.75, 3.05) is 0 Å². The van der Waals surface area contributed by atoms with Crippen LogP contribution in [0.5, 0.6) is 0 Å². The fourth-order valence-corrected chi connectivity index (χ4v) is 7.59. The van der Waals surface area contributed by atoms with E-state index in [2.05, 4.69) is 133 Å². The van der Waals surface area contributed by atoms with Crippen molar-refractivity contribution in [1.29, 1.82) is 0 Å². The lowest BCUT2D eigenvalue weighted by Crippen LogP contribution is -2.26. The van der Waals surface area contributed by atoms with Gasteiger partial charge in [0.15, 0.2) is 0 Å². The number of furan rings is 1. The molecule has 0 saturated carbocycles. The third-order valence-electron chi connectivity index (χ3n) is 9.93. The van der Waals surface area contributed by atoms with Crippen LogP contribution in [0.2, 0.25) is 0 Å². The molecule has 6 aromatic carbocycles. The van der Waals surface area contributed by atoms with E-state index in [0.717, 1.165) is 84.4 Å². The third-order valence-corrected chi connectivity index (χ3v) is 9.93. The van der Waals surface area contributed by atoms with Crippen LogP contribution in [0.4, 0.5) is 0 Å². The van der Waals surface area contributed by atoms with Crippen LogP contribution in [0.1, 0.15) is 12.8 Å². The molecule has 3 heteroatoms. The minimum atomic E-state index is 0.900. The average Bonchev–Trinajstić information content (AvgIpc) is 3.53. The predicted octanol–water partition coefficient (Wildman–Crippen LogP) is 10.7. The molecule has 49 heavy (non-hydrogen) atoms. The zero-order chi connectivity index (χ0) is 32.3. The Morgan fingerprint density at radius 3 is 2.31 bits per heavy atom. The fourth-order valence-electron chi connectivity index (χ4n) is 7.59. The first kappa shape index (κ1) is 27.8. The molecule has 0 radical (unpaired) electrons. The standard InChI is InChI=1S/C46H30N2O/c1-2-4-14-34-32(11-3-1)28-40(36-17-10-26-47-45(34)36)30-22-20-29(21-23-30)31-12-9-13-33(27-31)44-39-25-24-37-35-15-6-8-19-42(35)49-46(37)43(39)38-16-5-7-18-41(38)48-44/h1,3,5-28H,2,4H2/b3-1?,32-11?,34-14+. The molecule has 0 spiro atoms. The molecule has 0 fully saturated rings. The van der Waals surface area contributed by atoms with E-state index in [1.54, 1.807) is 0 Å². The van der Waals surface area contributed by atoms with Gasteiger partial charge in [-0.2, -0.15) is 0 Å². The van der Waals surface area contributed by atoms with Gasteiger partial charge in [0.25, 0.3) is 0 Å². The summed E-state index contributed by atoms with van der Waals surface area (Å²) in [7, 11) is 0. The number of fused-ring (bicyclic) bond motifs is 10. The van der Waals surface area contributed by atoms with Gasteiger partial charge in [0.1, 0.15) is 11.2 Å². The molecule has 9 aromatic rings. The number of nitrogens with zero attached hydrogens (tertiary/aromatic N) is 2. The van der Waals surface area contributed by atoms with E-state index in [-0.39, 0.29) is 0 Å². The second-order valence-corrected chi connectivity index (χ2v) is 12.8. The van der Waals surface area contributed by atoms with Gasteiger partial charge in [0.05, 0.1) is 16.7 Å². The topological polar surface area (TPSA) is 38.9 Å². The first-order valence-corrected chi connectivity index (χ1v) is 16.9. The van der Waals surface area contributed by atoms with Gasteiger partial charge in [-0.1, -0.05) is 115 Å². The maximum atomic E-state index is 6.54. The maximum absolute atomic E-state index is 6.54. The number of pyridine rings is 2. The minimum Gasteiger partial charge on any atom is -0.455 e. The van der Waals surface area contributed by atoms with Crippen molar-refractivity contribution in [2.24, 2.45) is 0 Å². The number of allylic oxidation sites excluding steroid dienone is 2. The van der Waals surface area contributed by atoms with Crippen molar-refractivity contribution in [1.82, 2.24) is 9.97 Å². The molecule has 3 nitrogen and oxygen atoms in total. The third kappa shape index (κ3) is 4.51. The van der Waals surface area contributed by atoms with Crippen LogP contribution in [0.3, 0.4) is 0 Å². The zero-order valence-electron chi connectivity index (χ0n) is 26.7. The number of hydrogen-bond donors (Lipinski definition) is 0. The maximum Gasteiger partial charge on any atom is 0.144 e. The van der Waals surface area contributed by atoms with Crippen LogP contribution in [-0.2, 0) is 0 Å². The molecule has 0 amide bonds. The first-order chi connectivity index (χ1) is 24.3. The molecule has 1 aliphatic rings. The summed E-state index contributed by atoms with van der Waals surface area (Å²) in [5, 5.41) is 9.16. The summed E-state index contributed by atoms with van der Waals surface area (Å²) in [5.74, 6) is 0. The van der Waals surface area contributed by atoms with Crippen LogP contribution in [0.25, 0.3) is 100 Å². The van der Waals surface area contributed by atoms with Crippen molar-refractivity contribution in [3.05, 3.63) is 156 Å². The van der Waals surface area contributed by atoms with E-state index in [4.69, 9.17) is 14.4 Å². The van der Waals surface area contributed by atoms with E-state index in [1.807, 2.05) is 24.4 Å². The minimum absolute atomic E-state index is 0.900. The van der Waals surface area contributed by atoms with Crippen molar-refractivity contribution < 1.29 is 4.42 Å². The highest BCUT2D eigenvalue weighted by Gasteiger charge is 2.17. The summed E-state index contributed by atoms with van der Waals surface area (Å²) in [5.41, 5.74) is 10.5. The number of para-hydroxylation sites is 2. The molecule has 0 aliphatic heterocycles. The Morgan fingerprint density at radius 1 is 0.571 bits per heavy atom. The van der Waals surface area contributed by atoms with Gasteiger partial charge in [0.2, 0.25) is 0 Å². The molecular formula is C46H30N2O. The Kier molecular flexibility index (Phi) is 6.31. The quantitative estimate of drug-likeness (QED) is 0.183. The Bertz CT molecular complexity index is 2930. The van der Waals surface area contributed by atoms with Crippen LogP contribution in [0, 0.1) is 0 Å². The molecule has 0 saturated heterocycles. The van der Waals surface area contributed by atoms with Gasteiger partial charge in [-0.15, -0.1) is 0 Å². The second-order valence-electron chi connectivity index (χ2n) is 12.8. The molecule has 0 bridgehead atoms. The Labute approximate surface area is 282 Å². The van der Waals surface area contributed by atoms with E-state index >= 15 is 0 Å². The summed E-state index contributed by atoms with van der Waals surface area (Å²) in [6.45, 7) is 0. The first-order valence-electron chi connectivity index (χ1n) is 16.9. The number of rotatable bonds is 3. The Morgan fingerprint density at radius 2 is 1.37 bits per heavy atom. The van der Waals surface area contributed by atoms with E-state index < -0.39 is 0 Å². The molecule has 10 rings (SSSR count). The van der Waals surface area contributed by atoms with Gasteiger partial charge in [-0.25, -0.2) is 4.98 Å². The normalized spacial score (nSPS) is 13.7. The van der Waals surface area contributed by atoms with Crippen molar-refractivity contribution in [3.8, 4) is 33.5 Å². The average molecular weight is 627 g/mol. The van der Waals surface area contributed by atoms with Crippen LogP contribution in [0.15, 0.2) is 150 Å². The van der Waals surface area contributed by atoms with Gasteiger partial charge in [-0.05, 0) is 76.7 Å². The molecule has 0 N–H and O–H groups in total. The largest absolute Gasteiger partial charge is 0.455 e. The highest BCUT2D eigenvalue weighted by atomic mass is 16.3. The monoisotopic (exact) mass is 626 g/mol. The SMILES string of the molecule is C1=CCC/C=c2\c(cc(-c3ccc(-c4cccc(-c5nc6ccccc6c6c5ccc5c7ccccc7oc56)c4)cc3)c3cccnc23)=C1. The lowest BCUT2D eigenvalue weighted by Gasteiger charge is -2.12. The van der Waals surface area contributed by atoms with Crippen LogP contribution < -0.4 is 10.4 Å². The number of benzene rings is 6. The van der Waals surface area contributed by atoms with Crippen molar-refractivity contribution >= 4 is 66.7 Å². The van der Waals surface area contributed by atoms with E-state index in [9.17, 15) is 0 Å². The second kappa shape index (κ2) is 11.1.